The zero-order valence-corrected chi connectivity index (χ0v) is 9.18. The molecule has 0 aromatic rings. The summed E-state index contributed by atoms with van der Waals surface area (Å²) >= 11 is 0. The van der Waals surface area contributed by atoms with Gasteiger partial charge in [0.1, 0.15) is 0 Å². The predicted molar refractivity (Wildman–Crippen MR) is 59.2 cm³/mol. The van der Waals surface area contributed by atoms with Gasteiger partial charge in [0, 0.05) is 6.04 Å². The summed E-state index contributed by atoms with van der Waals surface area (Å²) in [6.07, 6.45) is 8.62. The third-order valence-electron chi connectivity index (χ3n) is 4.66. The number of nitrogens with one attached hydrogen (secondary N) is 1. The Morgan fingerprint density at radius 1 is 1.21 bits per heavy atom. The number of fused-ring (bicyclic) bond motifs is 1. The monoisotopic (exact) mass is 191 g/mol. The number of allylic oxidation sites excluding steroid dienone is 1. The molecule has 2 aliphatic heterocycles. The number of hydrogen-bond acceptors (Lipinski definition) is 1. The summed E-state index contributed by atoms with van der Waals surface area (Å²) in [5, 5.41) is 3.63. The molecule has 1 N–H and O–H groups in total. The van der Waals surface area contributed by atoms with Gasteiger partial charge < -0.3 is 5.32 Å². The van der Waals surface area contributed by atoms with Gasteiger partial charge in [-0.3, -0.25) is 0 Å². The first-order valence-corrected chi connectivity index (χ1v) is 6.28. The summed E-state index contributed by atoms with van der Waals surface area (Å²) in [5.74, 6) is 1.93. The van der Waals surface area contributed by atoms with Crippen molar-refractivity contribution in [2.45, 2.75) is 51.5 Å². The van der Waals surface area contributed by atoms with Crippen molar-refractivity contribution in [2.24, 2.45) is 11.8 Å². The van der Waals surface area contributed by atoms with Crippen molar-refractivity contribution in [1.29, 1.82) is 0 Å². The fraction of sp³-hybridized carbons (Fsp3) is 0.846. The molecule has 0 amide bonds. The molecule has 2 saturated carbocycles. The van der Waals surface area contributed by atoms with Crippen molar-refractivity contribution < 1.29 is 0 Å². The molecule has 3 unspecified atom stereocenters. The van der Waals surface area contributed by atoms with E-state index in [1.165, 1.54) is 45.1 Å². The quantitative estimate of drug-likeness (QED) is 0.628. The SMILES string of the molecule is CC(=C1CCCCC1)C1C2CNC1C2. The molecular formula is C13H21N. The maximum absolute atomic E-state index is 3.63. The first-order valence-electron chi connectivity index (χ1n) is 6.28. The maximum atomic E-state index is 3.63. The Morgan fingerprint density at radius 2 is 2.00 bits per heavy atom. The minimum Gasteiger partial charge on any atom is -0.313 e. The molecule has 4 fully saturated rings. The molecule has 2 bridgehead atoms. The average Bonchev–Trinajstić information content (AvgIpc) is 2.81. The maximum Gasteiger partial charge on any atom is 0.0139 e. The Kier molecular flexibility index (Phi) is 2.16. The Hall–Kier alpha value is -0.300. The van der Waals surface area contributed by atoms with Crippen LogP contribution in [0.25, 0.3) is 0 Å². The molecule has 2 aliphatic carbocycles. The van der Waals surface area contributed by atoms with Crippen LogP contribution in [-0.2, 0) is 0 Å². The highest BCUT2D eigenvalue weighted by atomic mass is 15.0. The summed E-state index contributed by atoms with van der Waals surface area (Å²) in [7, 11) is 0. The van der Waals surface area contributed by atoms with E-state index in [1.807, 2.05) is 5.57 Å². The molecule has 14 heavy (non-hydrogen) atoms. The van der Waals surface area contributed by atoms with Crippen molar-refractivity contribution in [1.82, 2.24) is 5.32 Å². The first kappa shape index (κ1) is 8.96. The van der Waals surface area contributed by atoms with Gasteiger partial charge in [-0.25, -0.2) is 0 Å². The largest absolute Gasteiger partial charge is 0.313 e. The van der Waals surface area contributed by atoms with Crippen LogP contribution in [0.2, 0.25) is 0 Å². The van der Waals surface area contributed by atoms with Gasteiger partial charge in [-0.2, -0.15) is 0 Å². The van der Waals surface area contributed by atoms with E-state index in [0.717, 1.165) is 17.9 Å². The van der Waals surface area contributed by atoms with Gasteiger partial charge in [0.2, 0.25) is 0 Å². The Bertz CT molecular complexity index is 244. The van der Waals surface area contributed by atoms with Crippen LogP contribution in [0, 0.1) is 11.8 Å². The molecule has 4 rings (SSSR count). The van der Waals surface area contributed by atoms with Crippen molar-refractivity contribution >= 4 is 0 Å². The molecule has 78 valence electrons. The van der Waals surface area contributed by atoms with Crippen molar-refractivity contribution in [3.8, 4) is 0 Å². The Morgan fingerprint density at radius 3 is 2.57 bits per heavy atom. The van der Waals surface area contributed by atoms with Crippen molar-refractivity contribution in [3.05, 3.63) is 11.1 Å². The van der Waals surface area contributed by atoms with Gasteiger partial charge in [-0.1, -0.05) is 17.6 Å². The van der Waals surface area contributed by atoms with E-state index in [4.69, 9.17) is 0 Å². The second-order valence-corrected chi connectivity index (χ2v) is 5.38. The zero-order chi connectivity index (χ0) is 9.54. The molecule has 0 aromatic heterocycles. The predicted octanol–water partition coefficient (Wildman–Crippen LogP) is 2.87. The summed E-state index contributed by atoms with van der Waals surface area (Å²) in [4.78, 5) is 0. The lowest BCUT2D eigenvalue weighted by molar-refractivity contribution is 0.254. The first-order chi connectivity index (χ1) is 6.86. The van der Waals surface area contributed by atoms with E-state index in [9.17, 15) is 0 Å². The summed E-state index contributed by atoms with van der Waals surface area (Å²) in [6.45, 7) is 3.71. The fourth-order valence-electron chi connectivity index (χ4n) is 3.74. The van der Waals surface area contributed by atoms with Crippen molar-refractivity contribution in [3.63, 3.8) is 0 Å². The molecule has 3 atom stereocenters. The Labute approximate surface area is 87.0 Å². The second kappa shape index (κ2) is 3.37. The van der Waals surface area contributed by atoms with Crippen LogP contribution in [0.15, 0.2) is 11.1 Å². The molecule has 0 radical (unpaired) electrons. The smallest absolute Gasteiger partial charge is 0.0139 e. The third kappa shape index (κ3) is 1.25. The molecule has 0 spiro atoms. The van der Waals surface area contributed by atoms with Gasteiger partial charge in [-0.05, 0) is 57.4 Å². The lowest BCUT2D eigenvalue weighted by Gasteiger charge is -2.37. The highest BCUT2D eigenvalue weighted by molar-refractivity contribution is 5.25. The van der Waals surface area contributed by atoms with E-state index in [2.05, 4.69) is 12.2 Å². The van der Waals surface area contributed by atoms with Crippen LogP contribution in [0.3, 0.4) is 0 Å². The van der Waals surface area contributed by atoms with E-state index in [1.54, 1.807) is 5.57 Å². The van der Waals surface area contributed by atoms with E-state index in [-0.39, 0.29) is 0 Å². The molecule has 1 nitrogen and oxygen atoms in total. The molecule has 4 aliphatic rings. The van der Waals surface area contributed by atoms with Crippen molar-refractivity contribution in [2.75, 3.05) is 6.54 Å². The van der Waals surface area contributed by atoms with E-state index < -0.39 is 0 Å². The van der Waals surface area contributed by atoms with Crippen LogP contribution in [0.4, 0.5) is 0 Å². The summed E-state index contributed by atoms with van der Waals surface area (Å²) < 4.78 is 0. The summed E-state index contributed by atoms with van der Waals surface area (Å²) in [6, 6.07) is 0.856. The van der Waals surface area contributed by atoms with Crippen LogP contribution >= 0.6 is 0 Å². The van der Waals surface area contributed by atoms with Crippen LogP contribution in [0.5, 0.6) is 0 Å². The minimum absolute atomic E-state index is 0.856. The molecule has 1 heteroatoms. The highest BCUT2D eigenvalue weighted by Gasteiger charge is 2.47. The standard InChI is InChI=1S/C13H21N/c1-9(10-5-3-2-4-6-10)13-11-7-12(13)14-8-11/h11-14H,2-8H2,1H3. The van der Waals surface area contributed by atoms with Gasteiger partial charge in [0.15, 0.2) is 0 Å². The molecule has 2 heterocycles. The normalized spacial score (nSPS) is 40.9. The van der Waals surface area contributed by atoms with Gasteiger partial charge in [0.05, 0.1) is 0 Å². The van der Waals surface area contributed by atoms with Crippen LogP contribution < -0.4 is 5.32 Å². The number of hydrogen-bond donors (Lipinski definition) is 1. The van der Waals surface area contributed by atoms with Gasteiger partial charge in [0.25, 0.3) is 0 Å². The molecule has 2 saturated heterocycles. The Balaban J connectivity index is 1.77. The lowest BCUT2D eigenvalue weighted by atomic mass is 9.68. The molecule has 0 aromatic carbocycles. The number of rotatable bonds is 1. The fourth-order valence-corrected chi connectivity index (χ4v) is 3.74. The van der Waals surface area contributed by atoms with Crippen LogP contribution in [0.1, 0.15) is 45.4 Å². The topological polar surface area (TPSA) is 12.0 Å². The highest BCUT2D eigenvalue weighted by Crippen LogP contribution is 2.46. The van der Waals surface area contributed by atoms with E-state index >= 15 is 0 Å². The zero-order valence-electron chi connectivity index (χ0n) is 9.18. The average molecular weight is 191 g/mol. The second-order valence-electron chi connectivity index (χ2n) is 5.38. The van der Waals surface area contributed by atoms with Gasteiger partial charge >= 0.3 is 0 Å². The third-order valence-corrected chi connectivity index (χ3v) is 4.66. The van der Waals surface area contributed by atoms with E-state index in [0.29, 0.717) is 0 Å². The lowest BCUT2D eigenvalue weighted by Crippen LogP contribution is -2.38. The van der Waals surface area contributed by atoms with Gasteiger partial charge in [-0.15, -0.1) is 0 Å². The summed E-state index contributed by atoms with van der Waals surface area (Å²) in [5.41, 5.74) is 3.59. The van der Waals surface area contributed by atoms with Crippen LogP contribution in [-0.4, -0.2) is 12.6 Å². The minimum atomic E-state index is 0.856. The molecular weight excluding hydrogens is 170 g/mol.